The van der Waals surface area contributed by atoms with Gasteiger partial charge < -0.3 is 15.4 Å². The number of aryl methyl sites for hydroxylation is 1. The van der Waals surface area contributed by atoms with Crippen molar-refractivity contribution in [3.63, 3.8) is 0 Å². The molecule has 0 atom stereocenters. The van der Waals surface area contributed by atoms with Gasteiger partial charge in [-0.1, -0.05) is 12.1 Å². The zero-order chi connectivity index (χ0) is 17.4. The van der Waals surface area contributed by atoms with Gasteiger partial charge in [0, 0.05) is 6.04 Å². The Hall–Kier alpha value is -1.62. The van der Waals surface area contributed by atoms with E-state index in [1.54, 1.807) is 0 Å². The van der Waals surface area contributed by atoms with Crippen molar-refractivity contribution in [2.45, 2.75) is 45.1 Å². The molecule has 0 saturated heterocycles. The lowest BCUT2D eigenvalue weighted by molar-refractivity contribution is -0.121. The highest BCUT2D eigenvalue weighted by Gasteiger charge is 2.48. The summed E-state index contributed by atoms with van der Waals surface area (Å²) in [5.74, 6) is 3.83. The van der Waals surface area contributed by atoms with Gasteiger partial charge >= 0.3 is 0 Å². The highest BCUT2D eigenvalue weighted by atomic mass is 32.1. The molecule has 1 aromatic carbocycles. The molecular formula is C20H26N2O2S. The summed E-state index contributed by atoms with van der Waals surface area (Å²) in [4.78, 5) is 12.1. The maximum Gasteiger partial charge on any atom is 0.264 e. The molecule has 2 N–H and O–H groups in total. The number of rotatable bonds is 4. The van der Waals surface area contributed by atoms with Crippen LogP contribution in [0.15, 0.2) is 24.3 Å². The molecule has 0 aliphatic heterocycles. The summed E-state index contributed by atoms with van der Waals surface area (Å²) in [5, 5.41) is 6.68. The number of thiocarbonyl (C=S) groups is 1. The number of ether oxygens (including phenoxy) is 1. The molecule has 4 aliphatic rings. The van der Waals surface area contributed by atoms with E-state index in [4.69, 9.17) is 17.0 Å². The Bertz CT molecular complexity index is 647. The highest BCUT2D eigenvalue weighted by Crippen LogP contribution is 2.53. The summed E-state index contributed by atoms with van der Waals surface area (Å²) in [5.41, 5.74) is 1.11. The Balaban J connectivity index is 1.25. The van der Waals surface area contributed by atoms with Gasteiger partial charge in [-0.2, -0.15) is 0 Å². The van der Waals surface area contributed by atoms with Crippen LogP contribution in [0.2, 0.25) is 0 Å². The smallest absolute Gasteiger partial charge is 0.264 e. The van der Waals surface area contributed by atoms with Crippen molar-refractivity contribution in [1.82, 2.24) is 10.6 Å². The Kier molecular flexibility index (Phi) is 4.67. The maximum atomic E-state index is 12.1. The molecule has 4 fully saturated rings. The van der Waals surface area contributed by atoms with Gasteiger partial charge in [-0.15, -0.1) is 0 Å². The molecule has 1 aromatic rings. The fourth-order valence-electron chi connectivity index (χ4n) is 5.37. The summed E-state index contributed by atoms with van der Waals surface area (Å²) in [6.45, 7) is 1.98. The fourth-order valence-corrected chi connectivity index (χ4v) is 5.61. The van der Waals surface area contributed by atoms with E-state index in [2.05, 4.69) is 10.6 Å². The van der Waals surface area contributed by atoms with E-state index < -0.39 is 0 Å². The lowest BCUT2D eigenvalue weighted by atomic mass is 9.54. The van der Waals surface area contributed by atoms with Crippen LogP contribution in [-0.2, 0) is 4.79 Å². The summed E-state index contributed by atoms with van der Waals surface area (Å²) in [7, 11) is 0. The first-order valence-corrected chi connectivity index (χ1v) is 9.77. The highest BCUT2D eigenvalue weighted by molar-refractivity contribution is 7.80. The van der Waals surface area contributed by atoms with Crippen LogP contribution < -0.4 is 15.4 Å². The number of carbonyl (C=O) groups is 1. The van der Waals surface area contributed by atoms with E-state index in [9.17, 15) is 4.79 Å². The predicted molar refractivity (Wildman–Crippen MR) is 101 cm³/mol. The van der Waals surface area contributed by atoms with Gasteiger partial charge in [-0.05, 0) is 92.6 Å². The van der Waals surface area contributed by atoms with Crippen LogP contribution in [0, 0.1) is 30.6 Å². The molecule has 5 heteroatoms. The van der Waals surface area contributed by atoms with Crippen LogP contribution >= 0.6 is 12.2 Å². The Morgan fingerprint density at radius 3 is 2.48 bits per heavy atom. The van der Waals surface area contributed by atoms with E-state index in [0.29, 0.717) is 16.9 Å². The molecule has 0 spiro atoms. The van der Waals surface area contributed by atoms with Crippen LogP contribution in [0.25, 0.3) is 0 Å². The predicted octanol–water partition coefficient (Wildman–Crippen LogP) is 3.19. The van der Waals surface area contributed by atoms with Crippen molar-refractivity contribution >= 4 is 23.2 Å². The molecular weight excluding hydrogens is 332 g/mol. The van der Waals surface area contributed by atoms with Crippen LogP contribution in [0.3, 0.4) is 0 Å². The van der Waals surface area contributed by atoms with Gasteiger partial charge in [0.25, 0.3) is 5.91 Å². The van der Waals surface area contributed by atoms with Crippen molar-refractivity contribution in [2.24, 2.45) is 23.7 Å². The average molecular weight is 359 g/mol. The Morgan fingerprint density at radius 1 is 1.16 bits per heavy atom. The van der Waals surface area contributed by atoms with Gasteiger partial charge in [0.05, 0.1) is 0 Å². The van der Waals surface area contributed by atoms with Crippen molar-refractivity contribution < 1.29 is 9.53 Å². The molecule has 0 unspecified atom stereocenters. The van der Waals surface area contributed by atoms with Crippen molar-refractivity contribution in [2.75, 3.05) is 6.61 Å². The monoisotopic (exact) mass is 358 g/mol. The van der Waals surface area contributed by atoms with Gasteiger partial charge in [0.15, 0.2) is 11.7 Å². The quantitative estimate of drug-likeness (QED) is 0.812. The Morgan fingerprint density at radius 2 is 1.84 bits per heavy atom. The minimum absolute atomic E-state index is 0.0209. The summed E-state index contributed by atoms with van der Waals surface area (Å²) in [6, 6.07) is 8.13. The standard InChI is InChI=1S/C20H26N2O2S/c1-12-3-2-4-17(5-12)24-11-18(23)21-20(25)22-19-15-7-13-6-14(9-15)10-16(19)8-13/h2-5,13-16,19H,6-11H2,1H3,(H2,21,22,23,25). The first kappa shape index (κ1) is 16.8. The first-order valence-electron chi connectivity index (χ1n) is 9.36. The molecule has 25 heavy (non-hydrogen) atoms. The second-order valence-electron chi connectivity index (χ2n) is 8.08. The first-order chi connectivity index (χ1) is 12.1. The summed E-state index contributed by atoms with van der Waals surface area (Å²) >= 11 is 5.38. The van der Waals surface area contributed by atoms with E-state index in [1.165, 1.54) is 32.1 Å². The molecule has 1 amide bonds. The minimum Gasteiger partial charge on any atom is -0.484 e. The second kappa shape index (κ2) is 6.94. The van der Waals surface area contributed by atoms with Gasteiger partial charge in [-0.3, -0.25) is 4.79 Å². The van der Waals surface area contributed by atoms with Gasteiger partial charge in [-0.25, -0.2) is 0 Å². The average Bonchev–Trinajstić information content (AvgIpc) is 2.56. The summed E-state index contributed by atoms with van der Waals surface area (Å²) < 4.78 is 5.53. The van der Waals surface area contributed by atoms with Crippen LogP contribution in [0.5, 0.6) is 5.75 Å². The zero-order valence-electron chi connectivity index (χ0n) is 14.7. The molecule has 4 nitrogen and oxygen atoms in total. The minimum atomic E-state index is -0.206. The third-order valence-electron chi connectivity index (χ3n) is 6.14. The van der Waals surface area contributed by atoms with Gasteiger partial charge in [0.2, 0.25) is 0 Å². The number of hydrogen-bond acceptors (Lipinski definition) is 3. The van der Waals surface area contributed by atoms with Crippen molar-refractivity contribution in [1.29, 1.82) is 0 Å². The van der Waals surface area contributed by atoms with Crippen LogP contribution in [-0.4, -0.2) is 23.7 Å². The largest absolute Gasteiger partial charge is 0.484 e. The van der Waals surface area contributed by atoms with Crippen LogP contribution in [0.1, 0.15) is 37.7 Å². The molecule has 4 saturated carbocycles. The Labute approximate surface area is 154 Å². The van der Waals surface area contributed by atoms with E-state index in [-0.39, 0.29) is 12.5 Å². The normalized spacial score (nSPS) is 32.3. The number of hydrogen-bond donors (Lipinski definition) is 2. The molecule has 0 radical (unpaired) electrons. The fraction of sp³-hybridized carbons (Fsp3) is 0.600. The molecule has 0 aromatic heterocycles. The zero-order valence-corrected chi connectivity index (χ0v) is 15.5. The lowest BCUT2D eigenvalue weighted by Crippen LogP contribution is -2.58. The third-order valence-corrected chi connectivity index (χ3v) is 6.36. The van der Waals surface area contributed by atoms with E-state index >= 15 is 0 Å². The van der Waals surface area contributed by atoms with Gasteiger partial charge in [0.1, 0.15) is 5.75 Å². The van der Waals surface area contributed by atoms with E-state index in [1.807, 2.05) is 31.2 Å². The lowest BCUT2D eigenvalue weighted by Gasteiger charge is -2.54. The van der Waals surface area contributed by atoms with Crippen LogP contribution in [0.4, 0.5) is 0 Å². The van der Waals surface area contributed by atoms with Crippen molar-refractivity contribution in [3.05, 3.63) is 29.8 Å². The molecule has 4 bridgehead atoms. The topological polar surface area (TPSA) is 50.4 Å². The van der Waals surface area contributed by atoms with E-state index in [0.717, 1.165) is 29.2 Å². The maximum absolute atomic E-state index is 12.1. The third kappa shape index (κ3) is 3.81. The molecule has 4 aliphatic carbocycles. The number of carbonyl (C=O) groups excluding carboxylic acids is 1. The number of amides is 1. The molecule has 0 heterocycles. The van der Waals surface area contributed by atoms with Crippen molar-refractivity contribution in [3.8, 4) is 5.75 Å². The number of benzene rings is 1. The SMILES string of the molecule is Cc1cccc(OCC(=O)NC(=S)NC2C3CC4CC(C3)CC2C4)c1. The molecule has 134 valence electrons. The molecule has 5 rings (SSSR count). The number of nitrogens with one attached hydrogen (secondary N) is 2. The second-order valence-corrected chi connectivity index (χ2v) is 8.49. The summed E-state index contributed by atoms with van der Waals surface area (Å²) in [6.07, 6.45) is 6.77.